The maximum absolute atomic E-state index is 12.3. The molecule has 0 atom stereocenters. The van der Waals surface area contributed by atoms with Gasteiger partial charge < -0.3 is 9.47 Å². The van der Waals surface area contributed by atoms with Gasteiger partial charge in [-0.3, -0.25) is 14.5 Å². The minimum absolute atomic E-state index is 0.247. The van der Waals surface area contributed by atoms with Gasteiger partial charge in [0.25, 0.3) is 11.1 Å². The van der Waals surface area contributed by atoms with Gasteiger partial charge >= 0.3 is 0 Å². The van der Waals surface area contributed by atoms with E-state index in [-0.39, 0.29) is 11.1 Å². The molecule has 2 aromatic rings. The van der Waals surface area contributed by atoms with Gasteiger partial charge in [-0.05, 0) is 82.7 Å². The van der Waals surface area contributed by atoms with Crippen LogP contribution in [0.5, 0.6) is 11.5 Å². The number of hydrogen-bond donors (Lipinski definition) is 0. The van der Waals surface area contributed by atoms with E-state index in [0.29, 0.717) is 34.6 Å². The van der Waals surface area contributed by atoms with E-state index in [4.69, 9.17) is 21.1 Å². The molecule has 1 aliphatic heterocycles. The topological polar surface area (TPSA) is 55.8 Å². The van der Waals surface area contributed by atoms with Crippen LogP contribution in [-0.4, -0.2) is 29.7 Å². The van der Waals surface area contributed by atoms with Gasteiger partial charge in [0.1, 0.15) is 6.61 Å². The van der Waals surface area contributed by atoms with E-state index in [1.807, 2.05) is 30.3 Å². The molecule has 1 fully saturated rings. The highest BCUT2D eigenvalue weighted by atomic mass is 127. The first-order valence-electron chi connectivity index (χ1n) is 8.43. The summed E-state index contributed by atoms with van der Waals surface area (Å²) >= 11 is 9.02. The van der Waals surface area contributed by atoms with Crippen LogP contribution in [0.4, 0.5) is 4.79 Å². The molecular formula is C20H17ClINO4S. The minimum Gasteiger partial charge on any atom is -0.493 e. The number of likely N-dealkylation sites (N-methyl/N-ethyl adjacent to an activating group) is 1. The lowest BCUT2D eigenvalue weighted by molar-refractivity contribution is -0.122. The van der Waals surface area contributed by atoms with Crippen LogP contribution in [0.25, 0.3) is 6.08 Å². The highest BCUT2D eigenvalue weighted by molar-refractivity contribution is 14.1. The lowest BCUT2D eigenvalue weighted by Crippen LogP contribution is -2.27. The number of rotatable bonds is 6. The molecule has 0 aliphatic carbocycles. The molecule has 0 spiro atoms. The Morgan fingerprint density at radius 3 is 2.54 bits per heavy atom. The highest BCUT2D eigenvalue weighted by Gasteiger charge is 2.33. The SMILES string of the molecule is CCN1C(=O)S/C(=C\c2cc(I)c(OCc3ccc(Cl)cc3)c(OC)c2)C1=O. The van der Waals surface area contributed by atoms with Gasteiger partial charge in [-0.2, -0.15) is 0 Å². The maximum atomic E-state index is 12.3. The van der Waals surface area contributed by atoms with Crippen LogP contribution < -0.4 is 9.47 Å². The van der Waals surface area contributed by atoms with Crippen molar-refractivity contribution >= 4 is 63.2 Å². The van der Waals surface area contributed by atoms with E-state index in [2.05, 4.69) is 22.6 Å². The molecule has 0 bridgehead atoms. The van der Waals surface area contributed by atoms with Crippen molar-refractivity contribution in [2.24, 2.45) is 0 Å². The molecule has 0 N–H and O–H groups in total. The highest BCUT2D eigenvalue weighted by Crippen LogP contribution is 2.37. The normalized spacial score (nSPS) is 15.4. The third kappa shape index (κ3) is 4.64. The van der Waals surface area contributed by atoms with E-state index in [1.165, 1.54) is 4.90 Å². The van der Waals surface area contributed by atoms with Crippen LogP contribution in [0.2, 0.25) is 5.02 Å². The molecule has 0 aromatic heterocycles. The molecule has 1 aliphatic rings. The van der Waals surface area contributed by atoms with Crippen LogP contribution in [0.15, 0.2) is 41.3 Å². The fraction of sp³-hybridized carbons (Fsp3) is 0.200. The first-order valence-corrected chi connectivity index (χ1v) is 10.7. The summed E-state index contributed by atoms with van der Waals surface area (Å²) in [5, 5.41) is 0.427. The number of methoxy groups -OCH3 is 1. The Morgan fingerprint density at radius 2 is 1.93 bits per heavy atom. The molecule has 2 aromatic carbocycles. The fourth-order valence-electron chi connectivity index (χ4n) is 2.62. The lowest BCUT2D eigenvalue weighted by atomic mass is 10.1. The Kier molecular flexibility index (Phi) is 6.90. The van der Waals surface area contributed by atoms with Crippen molar-refractivity contribution in [2.45, 2.75) is 13.5 Å². The molecule has 1 heterocycles. The van der Waals surface area contributed by atoms with Gasteiger partial charge in [0.15, 0.2) is 11.5 Å². The zero-order valence-electron chi connectivity index (χ0n) is 15.2. The summed E-state index contributed by atoms with van der Waals surface area (Å²) in [6, 6.07) is 11.1. The fourth-order valence-corrected chi connectivity index (χ4v) is 4.43. The zero-order valence-corrected chi connectivity index (χ0v) is 18.9. The molecule has 2 amide bonds. The Morgan fingerprint density at radius 1 is 1.21 bits per heavy atom. The van der Waals surface area contributed by atoms with Crippen molar-refractivity contribution in [1.82, 2.24) is 4.90 Å². The van der Waals surface area contributed by atoms with Crippen LogP contribution >= 0.6 is 46.0 Å². The largest absolute Gasteiger partial charge is 0.493 e. The van der Waals surface area contributed by atoms with Crippen molar-refractivity contribution in [2.75, 3.05) is 13.7 Å². The van der Waals surface area contributed by atoms with Crippen LogP contribution in [0.1, 0.15) is 18.1 Å². The predicted molar refractivity (Wildman–Crippen MR) is 120 cm³/mol. The lowest BCUT2D eigenvalue weighted by Gasteiger charge is -2.14. The second kappa shape index (κ2) is 9.19. The van der Waals surface area contributed by atoms with Crippen LogP contribution in [0.3, 0.4) is 0 Å². The number of benzene rings is 2. The monoisotopic (exact) mass is 529 g/mol. The van der Waals surface area contributed by atoms with Gasteiger partial charge in [-0.25, -0.2) is 0 Å². The molecule has 146 valence electrons. The van der Waals surface area contributed by atoms with Gasteiger partial charge in [-0.1, -0.05) is 23.7 Å². The first kappa shape index (κ1) is 21.0. The molecule has 5 nitrogen and oxygen atoms in total. The Hall–Kier alpha value is -1.71. The summed E-state index contributed by atoms with van der Waals surface area (Å²) in [5.74, 6) is 0.910. The number of nitrogens with zero attached hydrogens (tertiary/aromatic N) is 1. The number of hydrogen-bond acceptors (Lipinski definition) is 5. The molecule has 0 unspecified atom stereocenters. The van der Waals surface area contributed by atoms with E-state index >= 15 is 0 Å². The molecule has 0 saturated carbocycles. The van der Waals surface area contributed by atoms with E-state index in [0.717, 1.165) is 26.5 Å². The maximum Gasteiger partial charge on any atom is 0.293 e. The molecule has 28 heavy (non-hydrogen) atoms. The van der Waals surface area contributed by atoms with Crippen molar-refractivity contribution in [3.05, 3.63) is 61.0 Å². The third-order valence-corrected chi connectivity index (χ3v) is 6.00. The number of imide groups is 1. The third-order valence-electron chi connectivity index (χ3n) is 4.04. The molecular weight excluding hydrogens is 513 g/mol. The van der Waals surface area contributed by atoms with Gasteiger partial charge in [-0.15, -0.1) is 0 Å². The quantitative estimate of drug-likeness (QED) is 0.361. The molecule has 3 rings (SSSR count). The number of carbonyl (C=O) groups is 2. The Labute approximate surface area is 186 Å². The van der Waals surface area contributed by atoms with Crippen LogP contribution in [0, 0.1) is 3.57 Å². The van der Waals surface area contributed by atoms with Gasteiger partial charge in [0, 0.05) is 11.6 Å². The van der Waals surface area contributed by atoms with Crippen molar-refractivity contribution in [1.29, 1.82) is 0 Å². The van der Waals surface area contributed by atoms with Crippen LogP contribution in [-0.2, 0) is 11.4 Å². The molecule has 8 heteroatoms. The van der Waals surface area contributed by atoms with Crippen molar-refractivity contribution < 1.29 is 19.1 Å². The predicted octanol–water partition coefficient (Wildman–Crippen LogP) is 5.59. The molecule has 1 saturated heterocycles. The zero-order chi connectivity index (χ0) is 20.3. The Bertz CT molecular complexity index is 946. The summed E-state index contributed by atoms with van der Waals surface area (Å²) in [4.78, 5) is 25.8. The average molecular weight is 530 g/mol. The second-order valence-corrected chi connectivity index (χ2v) is 8.47. The van der Waals surface area contributed by atoms with Gasteiger partial charge in [0.05, 0.1) is 15.6 Å². The average Bonchev–Trinajstić information content (AvgIpc) is 2.94. The van der Waals surface area contributed by atoms with E-state index < -0.39 is 0 Å². The minimum atomic E-state index is -0.269. The standard InChI is InChI=1S/C20H17ClINO4S/c1-3-23-19(24)17(28-20(23)25)10-13-8-15(22)18(16(9-13)26-2)27-11-12-4-6-14(21)7-5-12/h4-10H,3,11H2,1-2H3/b17-10-. The van der Waals surface area contributed by atoms with E-state index in [1.54, 1.807) is 26.2 Å². The second-order valence-electron chi connectivity index (χ2n) is 5.88. The number of halogens is 2. The summed E-state index contributed by atoms with van der Waals surface area (Å²) < 4.78 is 12.3. The molecule has 0 radical (unpaired) electrons. The summed E-state index contributed by atoms with van der Waals surface area (Å²) in [6.07, 6.45) is 1.70. The first-order chi connectivity index (χ1) is 13.4. The van der Waals surface area contributed by atoms with Crippen molar-refractivity contribution in [3.8, 4) is 11.5 Å². The smallest absolute Gasteiger partial charge is 0.293 e. The number of amides is 2. The van der Waals surface area contributed by atoms with E-state index in [9.17, 15) is 9.59 Å². The van der Waals surface area contributed by atoms with Gasteiger partial charge in [0.2, 0.25) is 0 Å². The van der Waals surface area contributed by atoms with Crippen molar-refractivity contribution in [3.63, 3.8) is 0 Å². The summed E-state index contributed by atoms with van der Waals surface area (Å²) in [5.41, 5.74) is 1.75. The summed E-state index contributed by atoms with van der Waals surface area (Å²) in [7, 11) is 1.56. The number of carbonyl (C=O) groups excluding carboxylic acids is 2. The number of ether oxygens (including phenoxy) is 2. The number of thioether (sulfide) groups is 1. The Balaban J connectivity index is 1.83. The summed E-state index contributed by atoms with van der Waals surface area (Å²) in [6.45, 7) is 2.51.